The molecule has 1 N–H and O–H groups in total. The highest BCUT2D eigenvalue weighted by Crippen LogP contribution is 2.38. The number of ether oxygens (including phenoxy) is 1. The van der Waals surface area contributed by atoms with Gasteiger partial charge in [-0.15, -0.1) is 0 Å². The molecule has 0 radical (unpaired) electrons. The molecule has 4 rings (SSSR count). The summed E-state index contributed by atoms with van der Waals surface area (Å²) in [5.74, 6) is 1.45. The maximum absolute atomic E-state index is 12.3. The SMILES string of the molecule is CCOc1ccc([C@H]2CC(=O)Nc3c2cnn3-c2cccc(Cl)c2)cc1. The summed E-state index contributed by atoms with van der Waals surface area (Å²) in [6.45, 7) is 2.58. The van der Waals surface area contributed by atoms with Crippen LogP contribution in [0, 0.1) is 0 Å². The number of fused-ring (bicyclic) bond motifs is 1. The van der Waals surface area contributed by atoms with Crippen LogP contribution in [0.3, 0.4) is 0 Å². The van der Waals surface area contributed by atoms with E-state index in [0.29, 0.717) is 23.9 Å². The van der Waals surface area contributed by atoms with Crippen LogP contribution in [0.25, 0.3) is 5.69 Å². The topological polar surface area (TPSA) is 56.1 Å². The summed E-state index contributed by atoms with van der Waals surface area (Å²) in [4.78, 5) is 12.3. The lowest BCUT2D eigenvalue weighted by Crippen LogP contribution is -2.24. The molecule has 2 heterocycles. The maximum Gasteiger partial charge on any atom is 0.226 e. The fraction of sp³-hybridized carbons (Fsp3) is 0.200. The standard InChI is InChI=1S/C20H18ClN3O2/c1-2-26-16-8-6-13(7-9-16)17-11-19(25)23-20-18(17)12-22-24(20)15-5-3-4-14(21)10-15/h3-10,12,17H,2,11H2,1H3,(H,23,25)/t17-/m1/s1. The zero-order valence-corrected chi connectivity index (χ0v) is 15.0. The number of rotatable bonds is 4. The second kappa shape index (κ2) is 6.84. The summed E-state index contributed by atoms with van der Waals surface area (Å²) in [6, 6.07) is 15.3. The number of halogens is 1. The van der Waals surface area contributed by atoms with Gasteiger partial charge in [0.15, 0.2) is 0 Å². The summed E-state index contributed by atoms with van der Waals surface area (Å²) in [5.41, 5.74) is 2.87. The van der Waals surface area contributed by atoms with Gasteiger partial charge in [0, 0.05) is 22.9 Å². The third-order valence-electron chi connectivity index (χ3n) is 4.47. The zero-order chi connectivity index (χ0) is 18.1. The smallest absolute Gasteiger partial charge is 0.226 e. The lowest BCUT2D eigenvalue weighted by Gasteiger charge is -2.24. The van der Waals surface area contributed by atoms with Crippen LogP contribution < -0.4 is 10.1 Å². The molecule has 132 valence electrons. The molecule has 3 aromatic rings. The van der Waals surface area contributed by atoms with Crippen molar-refractivity contribution in [2.24, 2.45) is 0 Å². The van der Waals surface area contributed by atoms with Gasteiger partial charge in [0.25, 0.3) is 0 Å². The number of carbonyl (C=O) groups excluding carboxylic acids is 1. The Hall–Kier alpha value is -2.79. The van der Waals surface area contributed by atoms with Crippen molar-refractivity contribution in [2.75, 3.05) is 11.9 Å². The first kappa shape index (κ1) is 16.7. The molecule has 1 atom stereocenters. The molecule has 26 heavy (non-hydrogen) atoms. The van der Waals surface area contributed by atoms with Crippen LogP contribution in [0.2, 0.25) is 5.02 Å². The van der Waals surface area contributed by atoms with Crippen molar-refractivity contribution in [1.29, 1.82) is 0 Å². The molecule has 6 heteroatoms. The number of hydrogen-bond donors (Lipinski definition) is 1. The number of hydrogen-bond acceptors (Lipinski definition) is 3. The van der Waals surface area contributed by atoms with Gasteiger partial charge in [-0.05, 0) is 42.8 Å². The van der Waals surface area contributed by atoms with Crippen LogP contribution in [-0.2, 0) is 4.79 Å². The molecular formula is C20H18ClN3O2. The van der Waals surface area contributed by atoms with Crippen molar-refractivity contribution < 1.29 is 9.53 Å². The average Bonchev–Trinajstić information content (AvgIpc) is 3.06. The lowest BCUT2D eigenvalue weighted by molar-refractivity contribution is -0.116. The van der Waals surface area contributed by atoms with Crippen LogP contribution in [-0.4, -0.2) is 22.3 Å². The Balaban J connectivity index is 1.74. The molecule has 2 aromatic carbocycles. The highest BCUT2D eigenvalue weighted by molar-refractivity contribution is 6.30. The monoisotopic (exact) mass is 367 g/mol. The fourth-order valence-electron chi connectivity index (χ4n) is 3.28. The van der Waals surface area contributed by atoms with E-state index < -0.39 is 0 Å². The molecule has 5 nitrogen and oxygen atoms in total. The quantitative estimate of drug-likeness (QED) is 0.743. The number of amides is 1. The van der Waals surface area contributed by atoms with Gasteiger partial charge in [-0.1, -0.05) is 29.8 Å². The summed E-state index contributed by atoms with van der Waals surface area (Å²) in [5, 5.41) is 8.06. The van der Waals surface area contributed by atoms with E-state index in [2.05, 4.69) is 10.4 Å². The molecule has 1 aliphatic rings. The van der Waals surface area contributed by atoms with Gasteiger partial charge >= 0.3 is 0 Å². The Labute approximate surface area is 156 Å². The third-order valence-corrected chi connectivity index (χ3v) is 4.70. The first-order chi connectivity index (χ1) is 12.7. The van der Waals surface area contributed by atoms with E-state index in [1.165, 1.54) is 0 Å². The zero-order valence-electron chi connectivity index (χ0n) is 14.3. The predicted molar refractivity (Wildman–Crippen MR) is 101 cm³/mol. The maximum atomic E-state index is 12.3. The van der Waals surface area contributed by atoms with Crippen LogP contribution in [0.1, 0.15) is 30.4 Å². The van der Waals surface area contributed by atoms with Crippen LogP contribution in [0.15, 0.2) is 54.7 Å². The predicted octanol–water partition coefficient (Wildman–Crippen LogP) is 4.40. The minimum atomic E-state index is -0.0395. The molecule has 0 aliphatic carbocycles. The molecule has 0 fully saturated rings. The van der Waals surface area contributed by atoms with E-state index in [1.807, 2.05) is 61.7 Å². The Morgan fingerprint density at radius 3 is 2.81 bits per heavy atom. The molecule has 0 saturated heterocycles. The summed E-state index contributed by atoms with van der Waals surface area (Å²) in [7, 11) is 0. The van der Waals surface area contributed by atoms with Crippen molar-refractivity contribution in [2.45, 2.75) is 19.3 Å². The van der Waals surface area contributed by atoms with Gasteiger partial charge in [-0.25, -0.2) is 4.68 Å². The van der Waals surface area contributed by atoms with Gasteiger partial charge in [-0.3, -0.25) is 4.79 Å². The minimum Gasteiger partial charge on any atom is -0.494 e. The second-order valence-corrected chi connectivity index (χ2v) is 6.58. The van der Waals surface area contributed by atoms with Gasteiger partial charge in [0.1, 0.15) is 11.6 Å². The van der Waals surface area contributed by atoms with Gasteiger partial charge < -0.3 is 10.1 Å². The van der Waals surface area contributed by atoms with E-state index in [9.17, 15) is 4.79 Å². The molecule has 1 aliphatic heterocycles. The van der Waals surface area contributed by atoms with Crippen molar-refractivity contribution >= 4 is 23.3 Å². The third kappa shape index (κ3) is 3.06. The van der Waals surface area contributed by atoms with Crippen LogP contribution in [0.5, 0.6) is 5.75 Å². The largest absolute Gasteiger partial charge is 0.494 e. The van der Waals surface area contributed by atoms with Crippen LogP contribution >= 0.6 is 11.6 Å². The summed E-state index contributed by atoms with van der Waals surface area (Å²) in [6.07, 6.45) is 2.21. The fourth-order valence-corrected chi connectivity index (χ4v) is 3.47. The van der Waals surface area contributed by atoms with Crippen LogP contribution in [0.4, 0.5) is 5.82 Å². The average molecular weight is 368 g/mol. The van der Waals surface area contributed by atoms with Gasteiger partial charge in [-0.2, -0.15) is 5.10 Å². The Bertz CT molecular complexity index is 950. The summed E-state index contributed by atoms with van der Waals surface area (Å²) >= 11 is 6.10. The van der Waals surface area contributed by atoms with E-state index in [1.54, 1.807) is 4.68 Å². The molecule has 1 amide bonds. The van der Waals surface area contributed by atoms with Crippen molar-refractivity contribution in [3.63, 3.8) is 0 Å². The number of carbonyl (C=O) groups is 1. The molecular weight excluding hydrogens is 350 g/mol. The number of aromatic nitrogens is 2. The normalized spacial score (nSPS) is 16.1. The van der Waals surface area contributed by atoms with Crippen molar-refractivity contribution in [3.8, 4) is 11.4 Å². The number of anilines is 1. The highest BCUT2D eigenvalue weighted by Gasteiger charge is 2.30. The molecule has 0 unspecified atom stereocenters. The molecule has 0 spiro atoms. The van der Waals surface area contributed by atoms with Crippen molar-refractivity contribution in [1.82, 2.24) is 9.78 Å². The number of nitrogens with one attached hydrogen (secondary N) is 1. The first-order valence-corrected chi connectivity index (χ1v) is 8.90. The van der Waals surface area contributed by atoms with Gasteiger partial charge in [0.2, 0.25) is 5.91 Å². The molecule has 1 aromatic heterocycles. The van der Waals surface area contributed by atoms with E-state index in [0.717, 1.165) is 22.6 Å². The Morgan fingerprint density at radius 1 is 1.27 bits per heavy atom. The van der Waals surface area contributed by atoms with Crippen molar-refractivity contribution in [3.05, 3.63) is 70.9 Å². The van der Waals surface area contributed by atoms with E-state index >= 15 is 0 Å². The minimum absolute atomic E-state index is 0.0276. The Kier molecular flexibility index (Phi) is 4.39. The second-order valence-electron chi connectivity index (χ2n) is 6.15. The van der Waals surface area contributed by atoms with E-state index in [-0.39, 0.29) is 11.8 Å². The summed E-state index contributed by atoms with van der Waals surface area (Å²) < 4.78 is 7.23. The molecule has 0 saturated carbocycles. The number of benzene rings is 2. The Morgan fingerprint density at radius 2 is 2.08 bits per heavy atom. The van der Waals surface area contributed by atoms with Gasteiger partial charge in [0.05, 0.1) is 18.5 Å². The number of nitrogens with zero attached hydrogens (tertiary/aromatic N) is 2. The highest BCUT2D eigenvalue weighted by atomic mass is 35.5. The lowest BCUT2D eigenvalue weighted by atomic mass is 9.87. The molecule has 0 bridgehead atoms. The van der Waals surface area contributed by atoms with E-state index in [4.69, 9.17) is 16.3 Å². The first-order valence-electron chi connectivity index (χ1n) is 8.52.